The summed E-state index contributed by atoms with van der Waals surface area (Å²) in [4.78, 5) is 37.9. The monoisotopic (exact) mass is 829 g/mol. The van der Waals surface area contributed by atoms with Crippen molar-refractivity contribution in [2.24, 2.45) is 0 Å². The van der Waals surface area contributed by atoms with E-state index in [-0.39, 0.29) is 31.1 Å². The molecule has 0 bridgehead atoms. The molecule has 0 aliphatic rings. The predicted molar refractivity (Wildman–Crippen MR) is 252 cm³/mol. The first kappa shape index (κ1) is 56.6. The highest BCUT2D eigenvalue weighted by Gasteiger charge is 2.19. The molecule has 0 fully saturated rings. The van der Waals surface area contributed by atoms with Crippen LogP contribution in [0.2, 0.25) is 0 Å². The first-order valence-corrected chi connectivity index (χ1v) is 25.5. The van der Waals surface area contributed by atoms with E-state index in [1.54, 1.807) is 0 Å². The third kappa shape index (κ3) is 46.5. The zero-order valence-electron chi connectivity index (χ0n) is 39.3. The molecule has 6 nitrogen and oxygen atoms in total. The largest absolute Gasteiger partial charge is 0.462 e. The molecule has 0 atom stereocenters. The number of hydrogen-bond acceptors (Lipinski definition) is 6. The first-order valence-electron chi connectivity index (χ1n) is 25.5. The van der Waals surface area contributed by atoms with Crippen LogP contribution in [0.1, 0.15) is 265 Å². The van der Waals surface area contributed by atoms with Crippen LogP contribution in [-0.4, -0.2) is 37.2 Å². The summed E-state index contributed by atoms with van der Waals surface area (Å²) in [6.07, 6.45) is 55.5. The zero-order chi connectivity index (χ0) is 43.0. The fourth-order valence-corrected chi connectivity index (χ4v) is 7.19. The van der Waals surface area contributed by atoms with E-state index < -0.39 is 6.10 Å². The summed E-state index contributed by atoms with van der Waals surface area (Å²) in [5.41, 5.74) is 0. The van der Waals surface area contributed by atoms with Crippen LogP contribution in [0.4, 0.5) is 0 Å². The summed E-state index contributed by atoms with van der Waals surface area (Å²) in [6, 6.07) is 0. The molecule has 6 heteroatoms. The number of rotatable bonds is 46. The lowest BCUT2D eigenvalue weighted by atomic mass is 10.1. The van der Waals surface area contributed by atoms with Gasteiger partial charge in [0.25, 0.3) is 0 Å². The van der Waals surface area contributed by atoms with Gasteiger partial charge in [0.2, 0.25) is 0 Å². The number of hydrogen-bond donors (Lipinski definition) is 0. The smallest absolute Gasteiger partial charge is 0.306 e. The van der Waals surface area contributed by atoms with E-state index in [1.165, 1.54) is 141 Å². The van der Waals surface area contributed by atoms with Crippen molar-refractivity contribution in [2.45, 2.75) is 271 Å². The summed E-state index contributed by atoms with van der Waals surface area (Å²) < 4.78 is 16.8. The highest BCUT2D eigenvalue weighted by Crippen LogP contribution is 2.14. The Morgan fingerprint density at radius 3 is 0.864 bits per heavy atom. The normalized spacial score (nSPS) is 11.8. The Labute approximate surface area is 365 Å². The Balaban J connectivity index is 4.40. The van der Waals surface area contributed by atoms with Crippen molar-refractivity contribution in [3.63, 3.8) is 0 Å². The van der Waals surface area contributed by atoms with E-state index in [4.69, 9.17) is 14.2 Å². The Bertz CT molecular complexity index is 948. The first-order chi connectivity index (χ1) is 29.0. The van der Waals surface area contributed by atoms with E-state index in [0.717, 1.165) is 83.5 Å². The van der Waals surface area contributed by atoms with Crippen molar-refractivity contribution in [3.8, 4) is 0 Å². The van der Waals surface area contributed by atoms with Gasteiger partial charge in [-0.2, -0.15) is 0 Å². The molecule has 0 aliphatic carbocycles. The lowest BCUT2D eigenvalue weighted by molar-refractivity contribution is -0.167. The molecule has 344 valence electrons. The van der Waals surface area contributed by atoms with Crippen molar-refractivity contribution in [1.82, 2.24) is 0 Å². The van der Waals surface area contributed by atoms with Crippen molar-refractivity contribution >= 4 is 17.9 Å². The Morgan fingerprint density at radius 1 is 0.322 bits per heavy atom. The molecule has 0 unspecified atom stereocenters. The molecule has 0 aromatic rings. The van der Waals surface area contributed by atoms with E-state index in [2.05, 4.69) is 57.2 Å². The summed E-state index contributed by atoms with van der Waals surface area (Å²) in [5.74, 6) is -0.899. The molecule has 0 rings (SSSR count). The fraction of sp³-hybridized carbons (Fsp3) is 0.830. The van der Waals surface area contributed by atoms with Gasteiger partial charge in [-0.15, -0.1) is 0 Å². The number of carbonyl (C=O) groups is 3. The van der Waals surface area contributed by atoms with E-state index in [1.807, 2.05) is 0 Å². The highest BCUT2D eigenvalue weighted by atomic mass is 16.6. The summed E-state index contributed by atoms with van der Waals surface area (Å²) in [5, 5.41) is 0. The van der Waals surface area contributed by atoms with Crippen LogP contribution in [0, 0.1) is 0 Å². The molecule has 0 aromatic carbocycles. The van der Waals surface area contributed by atoms with Gasteiger partial charge >= 0.3 is 17.9 Å². The van der Waals surface area contributed by atoms with Gasteiger partial charge in [-0.05, 0) is 96.3 Å². The Kier molecular flexibility index (Phi) is 46.4. The third-order valence-electron chi connectivity index (χ3n) is 11.1. The summed E-state index contributed by atoms with van der Waals surface area (Å²) in [7, 11) is 0. The van der Waals surface area contributed by atoms with Gasteiger partial charge in [0, 0.05) is 19.3 Å². The number of esters is 3. The van der Waals surface area contributed by atoms with Crippen LogP contribution < -0.4 is 0 Å². The van der Waals surface area contributed by atoms with Crippen LogP contribution in [0.25, 0.3) is 0 Å². The number of unbranched alkanes of at least 4 members (excludes halogenated alkanes) is 29. The maximum Gasteiger partial charge on any atom is 0.306 e. The lowest BCUT2D eigenvalue weighted by Crippen LogP contribution is -2.30. The van der Waals surface area contributed by atoms with Crippen LogP contribution in [-0.2, 0) is 28.6 Å². The van der Waals surface area contributed by atoms with E-state index >= 15 is 0 Å². The lowest BCUT2D eigenvalue weighted by Gasteiger charge is -2.18. The summed E-state index contributed by atoms with van der Waals surface area (Å²) >= 11 is 0. The second-order valence-corrected chi connectivity index (χ2v) is 17.1. The Morgan fingerprint density at radius 2 is 0.559 bits per heavy atom. The van der Waals surface area contributed by atoms with Crippen LogP contribution in [0.15, 0.2) is 36.5 Å². The molecular formula is C53H96O6. The molecule has 0 saturated heterocycles. The maximum absolute atomic E-state index is 12.8. The predicted octanol–water partition coefficient (Wildman–Crippen LogP) is 16.5. The molecule has 0 saturated carbocycles. The molecule has 0 amide bonds. The van der Waals surface area contributed by atoms with Crippen LogP contribution in [0.3, 0.4) is 0 Å². The van der Waals surface area contributed by atoms with Gasteiger partial charge in [-0.1, -0.05) is 186 Å². The van der Waals surface area contributed by atoms with Crippen molar-refractivity contribution in [3.05, 3.63) is 36.5 Å². The SMILES string of the molecule is CCCCCC/C=C\CCCCCCCC(=O)OCC(COC(=O)CCCCCCC/C=C\CCCCCC)OC(=O)CCCCCCC/C=C\CCCCCCCC. The highest BCUT2D eigenvalue weighted by molar-refractivity contribution is 5.71. The fourth-order valence-electron chi connectivity index (χ4n) is 7.19. The quantitative estimate of drug-likeness (QED) is 0.0263. The third-order valence-corrected chi connectivity index (χ3v) is 11.1. The Hall–Kier alpha value is -2.37. The standard InChI is InChI=1S/C53H96O6/c1-4-7-10-13-16-19-22-25-26-29-32-35-38-41-44-47-53(56)59-50(48-57-51(54)45-42-39-36-33-30-27-23-20-17-14-11-8-5-2)49-58-52(55)46-43-40-37-34-31-28-24-21-18-15-12-9-6-3/h20-21,23-26,50H,4-19,22,27-49H2,1-3H3/b23-20-,24-21-,26-25-. The van der Waals surface area contributed by atoms with Crippen molar-refractivity contribution < 1.29 is 28.6 Å². The average molecular weight is 829 g/mol. The molecule has 0 spiro atoms. The minimum absolute atomic E-state index is 0.0812. The second-order valence-electron chi connectivity index (χ2n) is 17.1. The minimum atomic E-state index is -0.780. The van der Waals surface area contributed by atoms with Crippen LogP contribution in [0.5, 0.6) is 0 Å². The zero-order valence-corrected chi connectivity index (χ0v) is 39.3. The number of allylic oxidation sites excluding steroid dienone is 6. The summed E-state index contributed by atoms with van der Waals surface area (Å²) in [6.45, 7) is 6.59. The average Bonchev–Trinajstić information content (AvgIpc) is 3.23. The molecule has 0 radical (unpaired) electrons. The molecule has 0 N–H and O–H groups in total. The van der Waals surface area contributed by atoms with Crippen molar-refractivity contribution in [1.29, 1.82) is 0 Å². The number of carbonyl (C=O) groups excluding carboxylic acids is 3. The van der Waals surface area contributed by atoms with Gasteiger partial charge < -0.3 is 14.2 Å². The minimum Gasteiger partial charge on any atom is -0.462 e. The van der Waals surface area contributed by atoms with Gasteiger partial charge in [-0.25, -0.2) is 0 Å². The van der Waals surface area contributed by atoms with Gasteiger partial charge in [-0.3, -0.25) is 14.4 Å². The second kappa shape index (κ2) is 48.3. The molecule has 0 heterocycles. The van der Waals surface area contributed by atoms with Gasteiger partial charge in [0.05, 0.1) is 0 Å². The van der Waals surface area contributed by atoms with Crippen LogP contribution >= 0.6 is 0 Å². The van der Waals surface area contributed by atoms with E-state index in [9.17, 15) is 14.4 Å². The molecule has 59 heavy (non-hydrogen) atoms. The van der Waals surface area contributed by atoms with Gasteiger partial charge in [0.15, 0.2) is 6.10 Å². The topological polar surface area (TPSA) is 78.9 Å². The molecular weight excluding hydrogens is 733 g/mol. The maximum atomic E-state index is 12.8. The number of ether oxygens (including phenoxy) is 3. The van der Waals surface area contributed by atoms with Crippen molar-refractivity contribution in [2.75, 3.05) is 13.2 Å². The molecule has 0 aliphatic heterocycles. The van der Waals surface area contributed by atoms with E-state index in [0.29, 0.717) is 19.3 Å². The van der Waals surface area contributed by atoms with Gasteiger partial charge in [0.1, 0.15) is 13.2 Å². The molecule has 0 aromatic heterocycles.